The number of nitro benzene ring substituents is 1. The first-order chi connectivity index (χ1) is 10.0. The minimum absolute atomic E-state index is 0.0890. The predicted molar refractivity (Wildman–Crippen MR) is 68.5 cm³/mol. The maximum absolute atomic E-state index is 13.4. The minimum Gasteiger partial charge on any atom is -0.482 e. The number of nitrogens with zero attached hydrogens (tertiary/aromatic N) is 2. The second-order valence-electron chi connectivity index (χ2n) is 4.04. The van der Waals surface area contributed by atoms with Crippen molar-refractivity contribution >= 4 is 5.69 Å². The summed E-state index contributed by atoms with van der Waals surface area (Å²) >= 11 is 0. The SMILES string of the molecule is N#Cc1ccc(OCc2c(F)cccc2F)c([N+](=O)[O-])c1. The highest BCUT2D eigenvalue weighted by molar-refractivity contribution is 5.51. The second kappa shape index (κ2) is 5.96. The van der Waals surface area contributed by atoms with Crippen LogP contribution in [0.15, 0.2) is 36.4 Å². The Labute approximate surface area is 118 Å². The Morgan fingerprint density at radius 1 is 1.24 bits per heavy atom. The lowest BCUT2D eigenvalue weighted by Gasteiger charge is -2.08. The molecule has 0 heterocycles. The van der Waals surface area contributed by atoms with E-state index in [4.69, 9.17) is 10.00 Å². The van der Waals surface area contributed by atoms with Crippen molar-refractivity contribution < 1.29 is 18.4 Å². The van der Waals surface area contributed by atoms with E-state index in [0.29, 0.717) is 0 Å². The number of rotatable bonds is 4. The van der Waals surface area contributed by atoms with Crippen LogP contribution in [-0.4, -0.2) is 4.92 Å². The summed E-state index contributed by atoms with van der Waals surface area (Å²) < 4.78 is 32.0. The molecule has 106 valence electrons. The molecular weight excluding hydrogens is 282 g/mol. The first-order valence-corrected chi connectivity index (χ1v) is 5.77. The van der Waals surface area contributed by atoms with Gasteiger partial charge in [0.25, 0.3) is 0 Å². The molecule has 0 aromatic heterocycles. The lowest BCUT2D eigenvalue weighted by atomic mass is 10.2. The van der Waals surface area contributed by atoms with E-state index >= 15 is 0 Å². The molecular formula is C14H8F2N2O3. The summed E-state index contributed by atoms with van der Waals surface area (Å²) in [5.41, 5.74) is -0.673. The van der Waals surface area contributed by atoms with E-state index in [1.807, 2.05) is 0 Å². The number of hydrogen-bond acceptors (Lipinski definition) is 4. The zero-order chi connectivity index (χ0) is 15.4. The van der Waals surface area contributed by atoms with E-state index in [2.05, 4.69) is 0 Å². The van der Waals surface area contributed by atoms with E-state index in [0.717, 1.165) is 18.2 Å². The monoisotopic (exact) mass is 290 g/mol. The van der Waals surface area contributed by atoms with Crippen LogP contribution in [0.5, 0.6) is 5.75 Å². The summed E-state index contributed by atoms with van der Waals surface area (Å²) in [6.07, 6.45) is 0. The first-order valence-electron chi connectivity index (χ1n) is 5.77. The summed E-state index contributed by atoms with van der Waals surface area (Å²) in [6.45, 7) is -0.495. The number of nitro groups is 1. The Bertz CT molecular complexity index is 721. The lowest BCUT2D eigenvalue weighted by Crippen LogP contribution is -2.03. The van der Waals surface area contributed by atoms with Gasteiger partial charge in [0.1, 0.15) is 18.2 Å². The summed E-state index contributed by atoms with van der Waals surface area (Å²) in [7, 11) is 0. The van der Waals surface area contributed by atoms with Crippen molar-refractivity contribution in [1.82, 2.24) is 0 Å². The third-order valence-corrected chi connectivity index (χ3v) is 2.72. The Morgan fingerprint density at radius 2 is 1.90 bits per heavy atom. The molecule has 0 saturated carbocycles. The van der Waals surface area contributed by atoms with Gasteiger partial charge in [0.15, 0.2) is 5.75 Å². The van der Waals surface area contributed by atoms with Gasteiger partial charge in [-0.25, -0.2) is 8.78 Å². The summed E-state index contributed by atoms with van der Waals surface area (Å²) in [5.74, 6) is -1.76. The Hall–Kier alpha value is -3.01. The third kappa shape index (κ3) is 3.12. The molecule has 2 rings (SSSR count). The minimum atomic E-state index is -0.800. The molecule has 0 aliphatic rings. The normalized spacial score (nSPS) is 9.95. The molecule has 2 aromatic carbocycles. The van der Waals surface area contributed by atoms with Gasteiger partial charge < -0.3 is 4.74 Å². The number of ether oxygens (including phenoxy) is 1. The van der Waals surface area contributed by atoms with Gasteiger partial charge in [-0.15, -0.1) is 0 Å². The van der Waals surface area contributed by atoms with Crippen LogP contribution in [0.25, 0.3) is 0 Å². The van der Waals surface area contributed by atoms with Gasteiger partial charge in [0.05, 0.1) is 22.1 Å². The van der Waals surface area contributed by atoms with Crippen molar-refractivity contribution in [3.05, 3.63) is 69.3 Å². The van der Waals surface area contributed by atoms with Gasteiger partial charge in [0, 0.05) is 6.07 Å². The summed E-state index contributed by atoms with van der Waals surface area (Å²) in [6, 6.07) is 8.67. The van der Waals surface area contributed by atoms with Crippen molar-refractivity contribution in [3.63, 3.8) is 0 Å². The summed E-state index contributed by atoms with van der Waals surface area (Å²) in [4.78, 5) is 10.2. The zero-order valence-electron chi connectivity index (χ0n) is 10.5. The van der Waals surface area contributed by atoms with Crippen LogP contribution in [0.2, 0.25) is 0 Å². The Balaban J connectivity index is 2.28. The average molecular weight is 290 g/mol. The van der Waals surface area contributed by atoms with E-state index in [-0.39, 0.29) is 16.9 Å². The Kier molecular flexibility index (Phi) is 4.09. The Morgan fingerprint density at radius 3 is 2.48 bits per heavy atom. The molecule has 0 aliphatic carbocycles. The van der Waals surface area contributed by atoms with Crippen LogP contribution in [0.1, 0.15) is 11.1 Å². The molecule has 0 aliphatic heterocycles. The maximum Gasteiger partial charge on any atom is 0.312 e. The highest BCUT2D eigenvalue weighted by Gasteiger charge is 2.17. The fraction of sp³-hybridized carbons (Fsp3) is 0.0714. The molecule has 0 unspecified atom stereocenters. The highest BCUT2D eigenvalue weighted by atomic mass is 19.1. The van der Waals surface area contributed by atoms with Crippen molar-refractivity contribution in [2.75, 3.05) is 0 Å². The van der Waals surface area contributed by atoms with Crippen LogP contribution in [0.4, 0.5) is 14.5 Å². The van der Waals surface area contributed by atoms with Crippen LogP contribution in [0.3, 0.4) is 0 Å². The number of halogens is 2. The molecule has 2 aromatic rings. The van der Waals surface area contributed by atoms with Crippen LogP contribution in [0, 0.1) is 33.1 Å². The smallest absolute Gasteiger partial charge is 0.312 e. The van der Waals surface area contributed by atoms with Gasteiger partial charge >= 0.3 is 5.69 Å². The van der Waals surface area contributed by atoms with E-state index in [1.54, 1.807) is 6.07 Å². The van der Waals surface area contributed by atoms with Gasteiger partial charge in [-0.1, -0.05) is 6.07 Å². The standard InChI is InChI=1S/C14H8F2N2O3/c15-11-2-1-3-12(16)10(11)8-21-14-5-4-9(7-17)6-13(14)18(19)20/h1-6H,8H2. The predicted octanol–water partition coefficient (Wildman–Crippen LogP) is 3.32. The molecule has 21 heavy (non-hydrogen) atoms. The van der Waals surface area contributed by atoms with Crippen molar-refractivity contribution in [2.24, 2.45) is 0 Å². The molecule has 7 heteroatoms. The maximum atomic E-state index is 13.4. The second-order valence-corrected chi connectivity index (χ2v) is 4.04. The fourth-order valence-electron chi connectivity index (χ4n) is 1.67. The third-order valence-electron chi connectivity index (χ3n) is 2.72. The molecule has 0 amide bonds. The van der Waals surface area contributed by atoms with Crippen LogP contribution in [-0.2, 0) is 6.61 Å². The van der Waals surface area contributed by atoms with Crippen molar-refractivity contribution in [1.29, 1.82) is 5.26 Å². The van der Waals surface area contributed by atoms with Gasteiger partial charge in [-0.2, -0.15) is 5.26 Å². The van der Waals surface area contributed by atoms with Crippen molar-refractivity contribution in [2.45, 2.75) is 6.61 Å². The van der Waals surface area contributed by atoms with Crippen molar-refractivity contribution in [3.8, 4) is 11.8 Å². The fourth-order valence-corrected chi connectivity index (χ4v) is 1.67. The number of hydrogen-bond donors (Lipinski definition) is 0. The number of nitriles is 1. The van der Waals surface area contributed by atoms with Gasteiger partial charge in [-0.05, 0) is 24.3 Å². The molecule has 0 atom stereocenters. The average Bonchev–Trinajstić information content (AvgIpc) is 2.46. The van der Waals surface area contributed by atoms with Gasteiger partial charge in [-0.3, -0.25) is 10.1 Å². The van der Waals surface area contributed by atoms with E-state index in [9.17, 15) is 18.9 Å². The van der Waals surface area contributed by atoms with E-state index in [1.165, 1.54) is 18.2 Å². The number of benzene rings is 2. The molecule has 0 fully saturated rings. The van der Waals surface area contributed by atoms with Crippen LogP contribution >= 0.6 is 0 Å². The lowest BCUT2D eigenvalue weighted by molar-refractivity contribution is -0.386. The quantitative estimate of drug-likeness (QED) is 0.639. The zero-order valence-corrected chi connectivity index (χ0v) is 10.5. The van der Waals surface area contributed by atoms with Crippen LogP contribution < -0.4 is 4.74 Å². The molecule has 5 nitrogen and oxygen atoms in total. The topological polar surface area (TPSA) is 76.2 Å². The first kappa shape index (κ1) is 14.4. The molecule has 0 N–H and O–H groups in total. The molecule has 0 spiro atoms. The highest BCUT2D eigenvalue weighted by Crippen LogP contribution is 2.29. The molecule has 0 radical (unpaired) electrons. The molecule has 0 bridgehead atoms. The largest absolute Gasteiger partial charge is 0.482 e. The van der Waals surface area contributed by atoms with E-state index < -0.39 is 28.9 Å². The summed E-state index contributed by atoms with van der Waals surface area (Å²) in [5, 5.41) is 19.6. The molecule has 0 saturated heterocycles. The van der Waals surface area contributed by atoms with Gasteiger partial charge in [0.2, 0.25) is 0 Å².